The SMILES string of the molecule is C[C@H](Sc1ccc2ccccc2n1)C(=O)N(C)Cc1ccccc1. The van der Waals surface area contributed by atoms with Crippen LogP contribution in [0.1, 0.15) is 12.5 Å². The van der Waals surface area contributed by atoms with Crippen LogP contribution in [0.2, 0.25) is 0 Å². The highest BCUT2D eigenvalue weighted by atomic mass is 32.2. The normalized spacial score (nSPS) is 12.1. The van der Waals surface area contributed by atoms with E-state index in [9.17, 15) is 4.79 Å². The number of thioether (sulfide) groups is 1. The van der Waals surface area contributed by atoms with E-state index < -0.39 is 0 Å². The number of amides is 1. The lowest BCUT2D eigenvalue weighted by atomic mass is 10.2. The fraction of sp³-hybridized carbons (Fsp3) is 0.200. The van der Waals surface area contributed by atoms with Crippen molar-refractivity contribution in [2.24, 2.45) is 0 Å². The van der Waals surface area contributed by atoms with Crippen LogP contribution in [0.4, 0.5) is 0 Å². The molecule has 3 rings (SSSR count). The molecule has 0 aliphatic heterocycles. The molecule has 24 heavy (non-hydrogen) atoms. The lowest BCUT2D eigenvalue weighted by molar-refractivity contribution is -0.129. The van der Waals surface area contributed by atoms with Crippen molar-refractivity contribution in [3.05, 3.63) is 72.3 Å². The third kappa shape index (κ3) is 3.95. The molecule has 2 aromatic carbocycles. The van der Waals surface area contributed by atoms with E-state index in [1.54, 1.807) is 4.90 Å². The minimum Gasteiger partial charge on any atom is -0.340 e. The second kappa shape index (κ2) is 7.49. The summed E-state index contributed by atoms with van der Waals surface area (Å²) in [6.07, 6.45) is 0. The van der Waals surface area contributed by atoms with Gasteiger partial charge in [-0.1, -0.05) is 66.4 Å². The standard InChI is InChI=1S/C20H20N2OS/c1-15(20(23)22(2)14-16-8-4-3-5-9-16)24-19-13-12-17-10-6-7-11-18(17)21-19/h3-13,15H,14H2,1-2H3/t15-/m0/s1. The zero-order chi connectivity index (χ0) is 16.9. The zero-order valence-corrected chi connectivity index (χ0v) is 14.7. The summed E-state index contributed by atoms with van der Waals surface area (Å²) in [6.45, 7) is 2.56. The van der Waals surface area contributed by atoms with Crippen LogP contribution in [0.15, 0.2) is 71.8 Å². The highest BCUT2D eigenvalue weighted by Gasteiger charge is 2.19. The van der Waals surface area contributed by atoms with Crippen molar-refractivity contribution in [3.63, 3.8) is 0 Å². The lowest BCUT2D eigenvalue weighted by Gasteiger charge is -2.21. The molecule has 0 saturated heterocycles. The maximum absolute atomic E-state index is 12.6. The van der Waals surface area contributed by atoms with Crippen molar-refractivity contribution in [2.75, 3.05) is 7.05 Å². The van der Waals surface area contributed by atoms with E-state index in [1.807, 2.05) is 74.6 Å². The average molecular weight is 336 g/mol. The molecule has 0 aliphatic rings. The number of para-hydroxylation sites is 1. The Morgan fingerprint density at radius 1 is 1.04 bits per heavy atom. The van der Waals surface area contributed by atoms with Crippen LogP contribution in [0.25, 0.3) is 10.9 Å². The molecule has 3 aromatic rings. The summed E-state index contributed by atoms with van der Waals surface area (Å²) in [5.74, 6) is 0.110. The zero-order valence-electron chi connectivity index (χ0n) is 13.8. The maximum atomic E-state index is 12.6. The molecule has 0 radical (unpaired) electrons. The number of fused-ring (bicyclic) bond motifs is 1. The molecule has 0 unspecified atom stereocenters. The van der Waals surface area contributed by atoms with Gasteiger partial charge in [0.15, 0.2) is 0 Å². The largest absolute Gasteiger partial charge is 0.340 e. The predicted octanol–water partition coefficient (Wildman–Crippen LogP) is 4.37. The van der Waals surface area contributed by atoms with E-state index >= 15 is 0 Å². The van der Waals surface area contributed by atoms with Gasteiger partial charge in [-0.15, -0.1) is 0 Å². The summed E-state index contributed by atoms with van der Waals surface area (Å²) in [5.41, 5.74) is 2.09. The van der Waals surface area contributed by atoms with E-state index in [4.69, 9.17) is 0 Å². The Hall–Kier alpha value is -2.33. The minimum absolute atomic E-state index is 0.110. The first-order valence-electron chi connectivity index (χ1n) is 7.95. The van der Waals surface area contributed by atoms with Crippen LogP contribution in [-0.4, -0.2) is 28.1 Å². The Kier molecular flexibility index (Phi) is 5.16. The third-order valence-corrected chi connectivity index (χ3v) is 4.88. The molecule has 1 heterocycles. The van der Waals surface area contributed by atoms with Gasteiger partial charge in [0, 0.05) is 19.0 Å². The minimum atomic E-state index is -0.174. The number of aromatic nitrogens is 1. The van der Waals surface area contributed by atoms with Gasteiger partial charge in [-0.25, -0.2) is 4.98 Å². The number of carbonyl (C=O) groups is 1. The van der Waals surface area contributed by atoms with Gasteiger partial charge in [-0.3, -0.25) is 4.79 Å². The van der Waals surface area contributed by atoms with Gasteiger partial charge in [-0.05, 0) is 24.6 Å². The average Bonchev–Trinajstić information content (AvgIpc) is 2.61. The predicted molar refractivity (Wildman–Crippen MR) is 100.0 cm³/mol. The molecule has 3 nitrogen and oxygen atoms in total. The summed E-state index contributed by atoms with van der Waals surface area (Å²) in [5, 5.41) is 1.82. The molecule has 0 aliphatic carbocycles. The third-order valence-electron chi connectivity index (χ3n) is 3.86. The van der Waals surface area contributed by atoms with E-state index in [1.165, 1.54) is 11.8 Å². The van der Waals surface area contributed by atoms with Gasteiger partial charge in [0.05, 0.1) is 15.8 Å². The smallest absolute Gasteiger partial charge is 0.235 e. The highest BCUT2D eigenvalue weighted by molar-refractivity contribution is 8.00. The van der Waals surface area contributed by atoms with Gasteiger partial charge in [0.2, 0.25) is 5.91 Å². The van der Waals surface area contributed by atoms with Crippen LogP contribution in [0.5, 0.6) is 0 Å². The lowest BCUT2D eigenvalue weighted by Crippen LogP contribution is -2.32. The molecule has 1 amide bonds. The number of pyridine rings is 1. The second-order valence-electron chi connectivity index (χ2n) is 5.78. The fourth-order valence-electron chi connectivity index (χ4n) is 2.59. The van der Waals surface area contributed by atoms with Crippen molar-refractivity contribution in [1.29, 1.82) is 0 Å². The van der Waals surface area contributed by atoms with Gasteiger partial charge in [-0.2, -0.15) is 0 Å². The first kappa shape index (κ1) is 16.5. The first-order valence-corrected chi connectivity index (χ1v) is 8.83. The quantitative estimate of drug-likeness (QED) is 0.649. The van der Waals surface area contributed by atoms with Crippen LogP contribution in [0, 0.1) is 0 Å². The summed E-state index contributed by atoms with van der Waals surface area (Å²) < 4.78 is 0. The fourth-order valence-corrected chi connectivity index (χ4v) is 3.53. The molecule has 0 saturated carbocycles. The molecule has 1 atom stereocenters. The number of hydrogen-bond acceptors (Lipinski definition) is 3. The molecule has 0 spiro atoms. The second-order valence-corrected chi connectivity index (χ2v) is 7.14. The van der Waals surface area contributed by atoms with Crippen molar-refractivity contribution in [1.82, 2.24) is 9.88 Å². The van der Waals surface area contributed by atoms with E-state index in [0.717, 1.165) is 21.5 Å². The van der Waals surface area contributed by atoms with Crippen molar-refractivity contribution in [3.8, 4) is 0 Å². The monoisotopic (exact) mass is 336 g/mol. The Labute approximate surface area is 146 Å². The number of rotatable bonds is 5. The molecule has 0 N–H and O–H groups in total. The first-order chi connectivity index (χ1) is 11.6. The van der Waals surface area contributed by atoms with Crippen LogP contribution in [0.3, 0.4) is 0 Å². The molecule has 1 aromatic heterocycles. The van der Waals surface area contributed by atoms with Gasteiger partial charge in [0.1, 0.15) is 0 Å². The van der Waals surface area contributed by atoms with Gasteiger partial charge >= 0.3 is 0 Å². The summed E-state index contributed by atoms with van der Waals surface area (Å²) in [4.78, 5) is 19.0. The van der Waals surface area contributed by atoms with Crippen LogP contribution >= 0.6 is 11.8 Å². The molecule has 0 fully saturated rings. The Morgan fingerprint density at radius 2 is 1.75 bits per heavy atom. The number of hydrogen-bond donors (Lipinski definition) is 0. The van der Waals surface area contributed by atoms with Crippen LogP contribution < -0.4 is 0 Å². The van der Waals surface area contributed by atoms with E-state index in [-0.39, 0.29) is 11.2 Å². The Balaban J connectivity index is 1.66. The van der Waals surface area contributed by atoms with E-state index in [2.05, 4.69) is 11.1 Å². The summed E-state index contributed by atoms with van der Waals surface area (Å²) >= 11 is 1.50. The number of nitrogens with zero attached hydrogens (tertiary/aromatic N) is 2. The number of carbonyl (C=O) groups excluding carboxylic acids is 1. The van der Waals surface area contributed by atoms with Crippen molar-refractivity contribution >= 4 is 28.6 Å². The maximum Gasteiger partial charge on any atom is 0.235 e. The molecule has 4 heteroatoms. The molecule has 122 valence electrons. The Morgan fingerprint density at radius 3 is 2.54 bits per heavy atom. The summed E-state index contributed by atoms with van der Waals surface area (Å²) in [6, 6.07) is 22.1. The van der Waals surface area contributed by atoms with Crippen molar-refractivity contribution in [2.45, 2.75) is 23.7 Å². The van der Waals surface area contributed by atoms with Gasteiger partial charge < -0.3 is 4.90 Å². The highest BCUT2D eigenvalue weighted by Crippen LogP contribution is 2.25. The van der Waals surface area contributed by atoms with Gasteiger partial charge in [0.25, 0.3) is 0 Å². The van der Waals surface area contributed by atoms with E-state index in [0.29, 0.717) is 6.54 Å². The Bertz CT molecular complexity index is 835. The topological polar surface area (TPSA) is 33.2 Å². The molecule has 0 bridgehead atoms. The molecular formula is C20H20N2OS. The number of benzene rings is 2. The molecular weight excluding hydrogens is 316 g/mol. The van der Waals surface area contributed by atoms with Crippen LogP contribution in [-0.2, 0) is 11.3 Å². The van der Waals surface area contributed by atoms with Crippen molar-refractivity contribution < 1.29 is 4.79 Å². The summed E-state index contributed by atoms with van der Waals surface area (Å²) in [7, 11) is 1.85.